The molecule has 1 unspecified atom stereocenters. The molecule has 26 heavy (non-hydrogen) atoms. The van der Waals surface area contributed by atoms with Crippen molar-refractivity contribution in [3.63, 3.8) is 0 Å². The Labute approximate surface area is 152 Å². The molecule has 7 nitrogen and oxygen atoms in total. The maximum Gasteiger partial charge on any atom is 0.255 e. The van der Waals surface area contributed by atoms with Crippen molar-refractivity contribution in [1.82, 2.24) is 15.1 Å². The standard InChI is InChI=1S/C19H24N4O3/c20-14-2-1-7-22(11-14)9-12-3-4-15-13(8-12)10-23(19(15)26)16-5-6-17(24)21-18(16)25/h3-4,8,14,16H,1-2,5-7,9-11,20H2,(H,21,24,25)/t14-,16?/m0/s1. The molecule has 2 saturated heterocycles. The molecule has 0 aliphatic carbocycles. The van der Waals surface area contributed by atoms with Gasteiger partial charge in [0.25, 0.3) is 5.91 Å². The highest BCUT2D eigenvalue weighted by Gasteiger charge is 2.39. The Morgan fingerprint density at radius 3 is 2.81 bits per heavy atom. The highest BCUT2D eigenvalue weighted by molar-refractivity contribution is 6.05. The summed E-state index contributed by atoms with van der Waals surface area (Å²) in [5.41, 5.74) is 8.84. The minimum Gasteiger partial charge on any atom is -0.327 e. The van der Waals surface area contributed by atoms with Crippen molar-refractivity contribution < 1.29 is 14.4 Å². The molecule has 0 aromatic heterocycles. The van der Waals surface area contributed by atoms with Crippen LogP contribution >= 0.6 is 0 Å². The van der Waals surface area contributed by atoms with Crippen molar-refractivity contribution in [3.05, 3.63) is 34.9 Å². The van der Waals surface area contributed by atoms with Gasteiger partial charge in [0, 0.05) is 37.7 Å². The lowest BCUT2D eigenvalue weighted by Crippen LogP contribution is -2.52. The molecule has 7 heteroatoms. The van der Waals surface area contributed by atoms with Gasteiger partial charge >= 0.3 is 0 Å². The molecule has 0 saturated carbocycles. The number of nitrogens with zero attached hydrogens (tertiary/aromatic N) is 2. The van der Waals surface area contributed by atoms with Crippen LogP contribution in [0.15, 0.2) is 18.2 Å². The van der Waals surface area contributed by atoms with E-state index in [9.17, 15) is 14.4 Å². The molecule has 0 bridgehead atoms. The summed E-state index contributed by atoms with van der Waals surface area (Å²) in [6.45, 7) is 3.20. The summed E-state index contributed by atoms with van der Waals surface area (Å²) in [6, 6.07) is 5.60. The number of amides is 3. The Kier molecular flexibility index (Phi) is 4.50. The summed E-state index contributed by atoms with van der Waals surface area (Å²) in [5.74, 6) is -0.761. The predicted molar refractivity (Wildman–Crippen MR) is 95.0 cm³/mol. The molecule has 3 N–H and O–H groups in total. The maximum atomic E-state index is 12.7. The summed E-state index contributed by atoms with van der Waals surface area (Å²) >= 11 is 0. The van der Waals surface area contributed by atoms with Crippen LogP contribution in [-0.2, 0) is 22.7 Å². The van der Waals surface area contributed by atoms with Crippen LogP contribution in [0.3, 0.4) is 0 Å². The molecule has 3 amide bonds. The highest BCUT2D eigenvalue weighted by Crippen LogP contribution is 2.28. The van der Waals surface area contributed by atoms with E-state index in [1.165, 1.54) is 0 Å². The number of fused-ring (bicyclic) bond motifs is 1. The molecule has 2 fully saturated rings. The first-order valence-corrected chi connectivity index (χ1v) is 9.25. The number of nitrogens with two attached hydrogens (primary N) is 1. The first-order valence-electron chi connectivity index (χ1n) is 9.25. The number of carbonyl (C=O) groups excluding carboxylic acids is 3. The van der Waals surface area contributed by atoms with E-state index in [0.717, 1.165) is 43.6 Å². The first-order chi connectivity index (χ1) is 12.5. The van der Waals surface area contributed by atoms with Gasteiger partial charge in [-0.1, -0.05) is 12.1 Å². The van der Waals surface area contributed by atoms with Crippen molar-refractivity contribution in [2.24, 2.45) is 5.73 Å². The summed E-state index contributed by atoms with van der Waals surface area (Å²) < 4.78 is 0. The molecule has 1 aromatic rings. The Hall–Kier alpha value is -2.25. The second-order valence-electron chi connectivity index (χ2n) is 7.53. The number of hydrogen-bond acceptors (Lipinski definition) is 5. The number of nitrogens with one attached hydrogen (secondary N) is 1. The fraction of sp³-hybridized carbons (Fsp3) is 0.526. The largest absolute Gasteiger partial charge is 0.327 e. The lowest BCUT2D eigenvalue weighted by molar-refractivity contribution is -0.136. The molecular weight excluding hydrogens is 332 g/mol. The zero-order valence-electron chi connectivity index (χ0n) is 14.7. The number of carbonyl (C=O) groups is 3. The van der Waals surface area contributed by atoms with Gasteiger partial charge in [-0.15, -0.1) is 0 Å². The summed E-state index contributed by atoms with van der Waals surface area (Å²) in [5, 5.41) is 2.33. The number of hydrogen-bond donors (Lipinski definition) is 2. The Bertz CT molecular complexity index is 763. The highest BCUT2D eigenvalue weighted by atomic mass is 16.2. The fourth-order valence-electron chi connectivity index (χ4n) is 4.22. The SMILES string of the molecule is N[C@H]1CCCN(Cc2ccc3c(c2)CN(C2CCC(=O)NC2=O)C3=O)C1. The molecule has 0 radical (unpaired) electrons. The zero-order chi connectivity index (χ0) is 18.3. The van der Waals surface area contributed by atoms with Gasteiger partial charge in [0.15, 0.2) is 0 Å². The van der Waals surface area contributed by atoms with E-state index in [1.54, 1.807) is 4.90 Å². The lowest BCUT2D eigenvalue weighted by Gasteiger charge is -2.30. The van der Waals surface area contributed by atoms with Gasteiger partial charge < -0.3 is 10.6 Å². The summed E-state index contributed by atoms with van der Waals surface area (Å²) in [7, 11) is 0. The van der Waals surface area contributed by atoms with Gasteiger partial charge in [-0.3, -0.25) is 24.6 Å². The monoisotopic (exact) mass is 356 g/mol. The van der Waals surface area contributed by atoms with E-state index in [1.807, 2.05) is 12.1 Å². The third-order valence-electron chi connectivity index (χ3n) is 5.54. The van der Waals surface area contributed by atoms with Crippen molar-refractivity contribution in [2.45, 2.75) is 50.9 Å². The molecule has 0 spiro atoms. The molecule has 1 aromatic carbocycles. The lowest BCUT2D eigenvalue weighted by atomic mass is 10.0. The zero-order valence-corrected chi connectivity index (χ0v) is 14.7. The molecule has 3 heterocycles. The van der Waals surface area contributed by atoms with Crippen LogP contribution in [0.25, 0.3) is 0 Å². The Morgan fingerprint density at radius 1 is 1.19 bits per heavy atom. The normalized spacial score (nSPS) is 26.8. The van der Waals surface area contributed by atoms with Crippen molar-refractivity contribution in [1.29, 1.82) is 0 Å². The summed E-state index contributed by atoms with van der Waals surface area (Å²) in [6.07, 6.45) is 2.86. The molecule has 3 aliphatic rings. The van der Waals surface area contributed by atoms with E-state index in [0.29, 0.717) is 18.5 Å². The number of benzene rings is 1. The van der Waals surface area contributed by atoms with Crippen LogP contribution in [0.5, 0.6) is 0 Å². The second-order valence-corrected chi connectivity index (χ2v) is 7.53. The van der Waals surface area contributed by atoms with Crippen LogP contribution in [0.1, 0.15) is 47.2 Å². The van der Waals surface area contributed by atoms with Crippen LogP contribution in [0.2, 0.25) is 0 Å². The predicted octanol–water partition coefficient (Wildman–Crippen LogP) is 0.371. The third kappa shape index (κ3) is 3.24. The van der Waals surface area contributed by atoms with E-state index >= 15 is 0 Å². The Balaban J connectivity index is 1.48. The number of rotatable bonds is 3. The average Bonchev–Trinajstić information content (AvgIpc) is 2.91. The Morgan fingerprint density at radius 2 is 2.04 bits per heavy atom. The third-order valence-corrected chi connectivity index (χ3v) is 5.54. The molecule has 4 rings (SSSR count). The second kappa shape index (κ2) is 6.81. The van der Waals surface area contributed by atoms with Gasteiger partial charge in [0.2, 0.25) is 11.8 Å². The minimum atomic E-state index is -0.559. The van der Waals surface area contributed by atoms with E-state index in [-0.39, 0.29) is 30.2 Å². The molecule has 2 atom stereocenters. The van der Waals surface area contributed by atoms with Gasteiger partial charge in [-0.25, -0.2) is 0 Å². The topological polar surface area (TPSA) is 95.7 Å². The van der Waals surface area contributed by atoms with Crippen molar-refractivity contribution >= 4 is 17.7 Å². The van der Waals surface area contributed by atoms with Gasteiger partial charge in [0.1, 0.15) is 6.04 Å². The smallest absolute Gasteiger partial charge is 0.255 e. The van der Waals surface area contributed by atoms with Gasteiger partial charge in [-0.2, -0.15) is 0 Å². The molecular formula is C19H24N4O3. The number of likely N-dealkylation sites (tertiary alicyclic amines) is 1. The van der Waals surface area contributed by atoms with Crippen molar-refractivity contribution in [2.75, 3.05) is 13.1 Å². The summed E-state index contributed by atoms with van der Waals surface area (Å²) in [4.78, 5) is 40.1. The van der Waals surface area contributed by atoms with Crippen LogP contribution < -0.4 is 11.1 Å². The van der Waals surface area contributed by atoms with E-state index in [2.05, 4.69) is 16.3 Å². The first kappa shape index (κ1) is 17.2. The average molecular weight is 356 g/mol. The van der Waals surface area contributed by atoms with Crippen LogP contribution in [0.4, 0.5) is 0 Å². The van der Waals surface area contributed by atoms with E-state index in [4.69, 9.17) is 5.73 Å². The fourth-order valence-corrected chi connectivity index (χ4v) is 4.22. The molecule has 3 aliphatic heterocycles. The quantitative estimate of drug-likeness (QED) is 0.763. The van der Waals surface area contributed by atoms with E-state index < -0.39 is 6.04 Å². The van der Waals surface area contributed by atoms with Crippen LogP contribution in [-0.4, -0.2) is 52.7 Å². The minimum absolute atomic E-state index is 0.124. The van der Waals surface area contributed by atoms with Gasteiger partial charge in [0.05, 0.1) is 0 Å². The van der Waals surface area contributed by atoms with Crippen molar-refractivity contribution in [3.8, 4) is 0 Å². The number of piperidine rings is 2. The van der Waals surface area contributed by atoms with Gasteiger partial charge in [-0.05, 0) is 43.0 Å². The van der Waals surface area contributed by atoms with Crippen LogP contribution in [0, 0.1) is 0 Å². The molecule has 138 valence electrons. The number of imide groups is 1. The maximum absolute atomic E-state index is 12.7.